The average molecular weight is 464 g/mol. The van der Waals surface area contributed by atoms with E-state index in [4.69, 9.17) is 9.84 Å². The third-order valence-electron chi connectivity index (χ3n) is 5.75. The molecular formula is C27H33N3O4. The Morgan fingerprint density at radius 2 is 1.79 bits per heavy atom. The molecule has 2 aromatic carbocycles. The third kappa shape index (κ3) is 6.25. The van der Waals surface area contributed by atoms with E-state index in [0.717, 1.165) is 28.1 Å². The monoisotopic (exact) mass is 463 g/mol. The van der Waals surface area contributed by atoms with Gasteiger partial charge in [0, 0.05) is 24.8 Å². The summed E-state index contributed by atoms with van der Waals surface area (Å²) >= 11 is 0. The SMILES string of the molecule is Cc1cc(CNC(=O)Cc2cc(-c3ccc(C(C)(C)C)cc3)nn2C)ccc1OC(C)C(=O)O. The lowest BCUT2D eigenvalue weighted by Crippen LogP contribution is -2.25. The first-order valence-electron chi connectivity index (χ1n) is 11.3. The first-order chi connectivity index (χ1) is 15.9. The van der Waals surface area contributed by atoms with Gasteiger partial charge >= 0.3 is 5.97 Å². The van der Waals surface area contributed by atoms with Crippen LogP contribution in [0.3, 0.4) is 0 Å². The van der Waals surface area contributed by atoms with Gasteiger partial charge in [-0.15, -0.1) is 0 Å². The van der Waals surface area contributed by atoms with Crippen molar-refractivity contribution in [3.8, 4) is 17.0 Å². The predicted molar refractivity (Wildman–Crippen MR) is 132 cm³/mol. The number of hydrogen-bond donors (Lipinski definition) is 2. The molecule has 7 nitrogen and oxygen atoms in total. The van der Waals surface area contributed by atoms with E-state index in [1.807, 2.05) is 32.2 Å². The summed E-state index contributed by atoms with van der Waals surface area (Å²) in [6.07, 6.45) is -0.704. The zero-order valence-electron chi connectivity index (χ0n) is 20.7. The molecule has 0 bridgehead atoms. The molecular weight excluding hydrogens is 430 g/mol. The van der Waals surface area contributed by atoms with Gasteiger partial charge in [0.2, 0.25) is 5.91 Å². The maximum atomic E-state index is 12.6. The lowest BCUT2D eigenvalue weighted by Gasteiger charge is -2.18. The number of carbonyl (C=O) groups excluding carboxylic acids is 1. The van der Waals surface area contributed by atoms with Crippen molar-refractivity contribution in [2.24, 2.45) is 7.05 Å². The Hall–Kier alpha value is -3.61. The maximum absolute atomic E-state index is 12.6. The van der Waals surface area contributed by atoms with E-state index in [-0.39, 0.29) is 17.7 Å². The lowest BCUT2D eigenvalue weighted by atomic mass is 9.86. The van der Waals surface area contributed by atoms with Crippen LogP contribution in [0.2, 0.25) is 0 Å². The Kier molecular flexibility index (Phi) is 7.44. The Morgan fingerprint density at radius 1 is 1.12 bits per heavy atom. The average Bonchev–Trinajstić information content (AvgIpc) is 3.13. The lowest BCUT2D eigenvalue weighted by molar-refractivity contribution is -0.144. The topological polar surface area (TPSA) is 93.5 Å². The molecule has 3 rings (SSSR count). The van der Waals surface area contributed by atoms with Gasteiger partial charge in [-0.3, -0.25) is 9.48 Å². The van der Waals surface area contributed by atoms with Crippen molar-refractivity contribution in [1.29, 1.82) is 0 Å². The maximum Gasteiger partial charge on any atom is 0.344 e. The van der Waals surface area contributed by atoms with E-state index in [1.165, 1.54) is 12.5 Å². The highest BCUT2D eigenvalue weighted by molar-refractivity contribution is 5.78. The van der Waals surface area contributed by atoms with Crippen molar-refractivity contribution in [2.75, 3.05) is 0 Å². The van der Waals surface area contributed by atoms with Crippen molar-refractivity contribution in [3.05, 3.63) is 70.9 Å². The molecule has 1 unspecified atom stereocenters. The number of carbonyl (C=O) groups is 2. The molecule has 1 amide bonds. The molecule has 0 saturated carbocycles. The summed E-state index contributed by atoms with van der Waals surface area (Å²) in [5.41, 5.74) is 5.76. The second kappa shape index (κ2) is 10.1. The molecule has 34 heavy (non-hydrogen) atoms. The number of amides is 1. The third-order valence-corrected chi connectivity index (χ3v) is 5.75. The normalized spacial score (nSPS) is 12.3. The minimum atomic E-state index is -1.02. The summed E-state index contributed by atoms with van der Waals surface area (Å²) in [4.78, 5) is 23.6. The molecule has 0 spiro atoms. The van der Waals surface area contributed by atoms with Gasteiger partial charge in [0.1, 0.15) is 5.75 Å². The summed E-state index contributed by atoms with van der Waals surface area (Å²) in [7, 11) is 1.84. The van der Waals surface area contributed by atoms with Crippen LogP contribution < -0.4 is 10.1 Å². The number of ether oxygens (including phenoxy) is 1. The van der Waals surface area contributed by atoms with Crippen molar-refractivity contribution >= 4 is 11.9 Å². The highest BCUT2D eigenvalue weighted by Crippen LogP contribution is 2.26. The van der Waals surface area contributed by atoms with Gasteiger partial charge < -0.3 is 15.2 Å². The first kappa shape index (κ1) is 25.0. The number of carboxylic acid groups (broad SMARTS) is 1. The van der Waals surface area contributed by atoms with Crippen LogP contribution in [0.5, 0.6) is 5.75 Å². The Bertz CT molecular complexity index is 1170. The molecule has 7 heteroatoms. The van der Waals surface area contributed by atoms with E-state index in [1.54, 1.807) is 10.7 Å². The van der Waals surface area contributed by atoms with E-state index >= 15 is 0 Å². The number of nitrogens with one attached hydrogen (secondary N) is 1. The highest BCUT2D eigenvalue weighted by atomic mass is 16.5. The summed E-state index contributed by atoms with van der Waals surface area (Å²) in [6.45, 7) is 10.3. The molecule has 1 heterocycles. The number of aryl methyl sites for hydroxylation is 2. The fourth-order valence-electron chi connectivity index (χ4n) is 3.58. The minimum absolute atomic E-state index is 0.0919. The summed E-state index contributed by atoms with van der Waals surface area (Å²) < 4.78 is 7.19. The smallest absolute Gasteiger partial charge is 0.344 e. The van der Waals surface area contributed by atoms with Crippen LogP contribution in [0.15, 0.2) is 48.5 Å². The van der Waals surface area contributed by atoms with E-state index in [9.17, 15) is 9.59 Å². The van der Waals surface area contributed by atoms with Crippen LogP contribution in [0.4, 0.5) is 0 Å². The predicted octanol–water partition coefficient (Wildman–Crippen LogP) is 4.40. The molecule has 0 saturated heterocycles. The van der Waals surface area contributed by atoms with Crippen molar-refractivity contribution in [1.82, 2.24) is 15.1 Å². The van der Waals surface area contributed by atoms with Gasteiger partial charge in [-0.05, 0) is 48.1 Å². The minimum Gasteiger partial charge on any atom is -0.479 e. The number of aliphatic carboxylic acids is 1. The summed E-state index contributed by atoms with van der Waals surface area (Å²) in [5.74, 6) is -0.603. The number of aromatic nitrogens is 2. The van der Waals surface area contributed by atoms with Gasteiger partial charge in [0.05, 0.1) is 12.1 Å². The van der Waals surface area contributed by atoms with Gasteiger partial charge in [-0.2, -0.15) is 5.10 Å². The van der Waals surface area contributed by atoms with Crippen LogP contribution in [-0.2, 0) is 35.0 Å². The second-order valence-electron chi connectivity index (χ2n) is 9.62. The number of carboxylic acids is 1. The van der Waals surface area contributed by atoms with Crippen molar-refractivity contribution < 1.29 is 19.4 Å². The second-order valence-corrected chi connectivity index (χ2v) is 9.62. The van der Waals surface area contributed by atoms with Crippen molar-refractivity contribution in [3.63, 3.8) is 0 Å². The Balaban J connectivity index is 1.60. The number of rotatable bonds is 8. The van der Waals surface area contributed by atoms with Gasteiger partial charge in [-0.25, -0.2) is 4.79 Å². The van der Waals surface area contributed by atoms with Gasteiger partial charge in [0.25, 0.3) is 0 Å². The fourth-order valence-corrected chi connectivity index (χ4v) is 3.58. The van der Waals surface area contributed by atoms with Crippen LogP contribution >= 0.6 is 0 Å². The van der Waals surface area contributed by atoms with E-state index < -0.39 is 12.1 Å². The first-order valence-corrected chi connectivity index (χ1v) is 11.3. The largest absolute Gasteiger partial charge is 0.479 e. The molecule has 0 aliphatic rings. The van der Waals surface area contributed by atoms with Crippen LogP contribution in [0, 0.1) is 6.92 Å². The van der Waals surface area contributed by atoms with Crippen LogP contribution in [0.25, 0.3) is 11.3 Å². The zero-order chi connectivity index (χ0) is 25.0. The molecule has 3 aromatic rings. The quantitative estimate of drug-likeness (QED) is 0.516. The van der Waals surface area contributed by atoms with E-state index in [2.05, 4.69) is 55.5 Å². The molecule has 2 N–H and O–H groups in total. The molecule has 0 aliphatic heterocycles. The highest BCUT2D eigenvalue weighted by Gasteiger charge is 2.16. The Labute approximate surface area is 200 Å². The molecule has 180 valence electrons. The molecule has 1 aromatic heterocycles. The number of benzene rings is 2. The molecule has 0 radical (unpaired) electrons. The standard InChI is InChI=1S/C27H33N3O4/c1-17-13-19(7-12-24(17)34-18(2)26(32)33)16-28-25(31)15-22-14-23(29-30(22)6)20-8-10-21(11-9-20)27(3,4)5/h7-14,18H,15-16H2,1-6H3,(H,28,31)(H,32,33). The molecule has 0 aliphatic carbocycles. The number of nitrogens with zero attached hydrogens (tertiary/aromatic N) is 2. The molecule has 0 fully saturated rings. The zero-order valence-corrected chi connectivity index (χ0v) is 20.7. The summed E-state index contributed by atoms with van der Waals surface area (Å²) in [6, 6.07) is 15.8. The van der Waals surface area contributed by atoms with Gasteiger partial charge in [-0.1, -0.05) is 57.2 Å². The van der Waals surface area contributed by atoms with E-state index in [0.29, 0.717) is 12.3 Å². The molecule has 1 atom stereocenters. The summed E-state index contributed by atoms with van der Waals surface area (Å²) in [5, 5.41) is 16.5. The van der Waals surface area contributed by atoms with Gasteiger partial charge in [0.15, 0.2) is 6.10 Å². The number of hydrogen-bond acceptors (Lipinski definition) is 4. The van der Waals surface area contributed by atoms with Crippen molar-refractivity contribution in [2.45, 2.75) is 59.1 Å². The fraction of sp³-hybridized carbons (Fsp3) is 0.370. The van der Waals surface area contributed by atoms with Crippen LogP contribution in [-0.4, -0.2) is 32.9 Å². The van der Waals surface area contributed by atoms with Crippen LogP contribution in [0.1, 0.15) is 50.1 Å². The Morgan fingerprint density at radius 3 is 2.38 bits per heavy atom.